The molecule has 4 aromatic rings. The molecule has 2 N–H and O–H groups in total. The normalized spacial score (nSPS) is 11.6. The first-order valence-corrected chi connectivity index (χ1v) is 7.70. The number of H-pyrrole nitrogens is 1. The van der Waals surface area contributed by atoms with E-state index >= 15 is 0 Å². The van der Waals surface area contributed by atoms with Crippen LogP contribution in [0.3, 0.4) is 0 Å². The molecule has 0 atom stereocenters. The van der Waals surface area contributed by atoms with E-state index in [0.29, 0.717) is 11.6 Å². The van der Waals surface area contributed by atoms with E-state index in [1.165, 1.54) is 0 Å². The summed E-state index contributed by atoms with van der Waals surface area (Å²) >= 11 is 6.22. The molecule has 3 aromatic heterocycles. The maximum atomic E-state index is 9.28. The van der Waals surface area contributed by atoms with E-state index in [-0.39, 0.29) is 6.61 Å². The Kier molecular flexibility index (Phi) is 3.32. The van der Waals surface area contributed by atoms with Crippen LogP contribution in [0.2, 0.25) is 5.15 Å². The summed E-state index contributed by atoms with van der Waals surface area (Å²) in [6, 6.07) is 10.1. The maximum absolute atomic E-state index is 9.28. The lowest BCUT2D eigenvalue weighted by Gasteiger charge is -2.05. The van der Waals surface area contributed by atoms with Crippen LogP contribution >= 0.6 is 11.6 Å². The minimum atomic E-state index is 0.0494. The fourth-order valence-electron chi connectivity index (χ4n) is 2.96. The lowest BCUT2D eigenvalue weighted by atomic mass is 10.1. The van der Waals surface area contributed by atoms with E-state index in [4.69, 9.17) is 11.6 Å². The van der Waals surface area contributed by atoms with E-state index in [1.54, 1.807) is 6.20 Å². The molecule has 0 fully saturated rings. The highest BCUT2D eigenvalue weighted by molar-refractivity contribution is 6.34. The molecule has 116 valence electrons. The number of halogens is 1. The molecule has 3 heterocycles. The summed E-state index contributed by atoms with van der Waals surface area (Å²) in [5.41, 5.74) is 4.96. The second kappa shape index (κ2) is 5.37. The number of nitrogens with zero attached hydrogens (tertiary/aromatic N) is 3. The van der Waals surface area contributed by atoms with Gasteiger partial charge in [-0.2, -0.15) is 5.10 Å². The van der Waals surface area contributed by atoms with Crippen molar-refractivity contribution in [3.05, 3.63) is 58.6 Å². The molecule has 0 aliphatic carbocycles. The van der Waals surface area contributed by atoms with Crippen LogP contribution in [0.25, 0.3) is 21.8 Å². The highest BCUT2D eigenvalue weighted by atomic mass is 35.5. The van der Waals surface area contributed by atoms with E-state index in [0.717, 1.165) is 38.8 Å². The number of aliphatic hydroxyl groups is 1. The van der Waals surface area contributed by atoms with Gasteiger partial charge in [-0.1, -0.05) is 17.7 Å². The van der Waals surface area contributed by atoms with Gasteiger partial charge in [0.15, 0.2) is 0 Å². The molecule has 0 aliphatic rings. The van der Waals surface area contributed by atoms with Gasteiger partial charge < -0.3 is 9.67 Å². The average Bonchev–Trinajstić information content (AvgIpc) is 3.13. The number of rotatable bonds is 3. The number of nitrogens with one attached hydrogen (secondary N) is 1. The number of benzene rings is 1. The minimum absolute atomic E-state index is 0.0494. The third-order valence-electron chi connectivity index (χ3n) is 4.19. The number of aromatic nitrogens is 4. The SMILES string of the molecule is Cn1c(Cc2cc3[nH]ncc3c(Cl)n2)cc2cc(CO)ccc21. The second-order valence-electron chi connectivity index (χ2n) is 5.66. The van der Waals surface area contributed by atoms with Crippen molar-refractivity contribution in [2.45, 2.75) is 13.0 Å². The molecule has 23 heavy (non-hydrogen) atoms. The Hall–Kier alpha value is -2.37. The Morgan fingerprint density at radius 2 is 2.13 bits per heavy atom. The summed E-state index contributed by atoms with van der Waals surface area (Å²) in [6.45, 7) is 0.0494. The molecule has 0 radical (unpaired) electrons. The molecule has 0 saturated heterocycles. The third kappa shape index (κ3) is 2.38. The molecule has 0 unspecified atom stereocenters. The maximum Gasteiger partial charge on any atom is 0.140 e. The van der Waals surface area contributed by atoms with Crippen molar-refractivity contribution < 1.29 is 5.11 Å². The molecule has 0 bridgehead atoms. The second-order valence-corrected chi connectivity index (χ2v) is 6.02. The first-order chi connectivity index (χ1) is 11.2. The van der Waals surface area contributed by atoms with Crippen LogP contribution in [0.4, 0.5) is 0 Å². The molecule has 0 aliphatic heterocycles. The highest BCUT2D eigenvalue weighted by Gasteiger charge is 2.11. The summed E-state index contributed by atoms with van der Waals surface area (Å²) in [7, 11) is 2.03. The average molecular weight is 327 g/mol. The molecule has 5 nitrogen and oxygen atoms in total. The van der Waals surface area contributed by atoms with Crippen LogP contribution < -0.4 is 0 Å². The quantitative estimate of drug-likeness (QED) is 0.568. The third-order valence-corrected chi connectivity index (χ3v) is 4.48. The lowest BCUT2D eigenvalue weighted by Crippen LogP contribution is -1.99. The van der Waals surface area contributed by atoms with Crippen molar-refractivity contribution in [1.29, 1.82) is 0 Å². The standard InChI is InChI=1S/C17H15ClN4O/c1-22-13(5-11-4-10(9-23)2-3-16(11)22)6-12-7-15-14(8-19-21-15)17(18)20-12/h2-5,7-8,23H,6,9H2,1H3,(H,19,21). The predicted molar refractivity (Wildman–Crippen MR) is 90.5 cm³/mol. The number of hydrogen-bond donors (Lipinski definition) is 2. The van der Waals surface area contributed by atoms with Gasteiger partial charge in [-0.25, -0.2) is 4.98 Å². The first kappa shape index (κ1) is 14.2. The van der Waals surface area contributed by atoms with Crippen molar-refractivity contribution in [1.82, 2.24) is 19.7 Å². The number of aryl methyl sites for hydroxylation is 1. The number of fused-ring (bicyclic) bond motifs is 2. The van der Waals surface area contributed by atoms with Gasteiger partial charge in [0.25, 0.3) is 0 Å². The zero-order chi connectivity index (χ0) is 16.0. The molecule has 0 amide bonds. The summed E-state index contributed by atoms with van der Waals surface area (Å²) in [4.78, 5) is 4.47. The van der Waals surface area contributed by atoms with E-state index in [1.807, 2.05) is 31.3 Å². The van der Waals surface area contributed by atoms with Gasteiger partial charge in [0.1, 0.15) is 5.15 Å². The van der Waals surface area contributed by atoms with E-state index in [9.17, 15) is 5.11 Å². The van der Waals surface area contributed by atoms with Crippen molar-refractivity contribution >= 4 is 33.4 Å². The summed E-state index contributed by atoms with van der Waals surface area (Å²) in [5, 5.41) is 18.6. The minimum Gasteiger partial charge on any atom is -0.392 e. The number of hydrogen-bond acceptors (Lipinski definition) is 3. The van der Waals surface area contributed by atoms with Crippen LogP contribution in [-0.4, -0.2) is 24.9 Å². The molecular formula is C17H15ClN4O. The highest BCUT2D eigenvalue weighted by Crippen LogP contribution is 2.25. The van der Waals surface area contributed by atoms with Gasteiger partial charge in [0.05, 0.1) is 29.4 Å². The Labute approximate surface area is 137 Å². The van der Waals surface area contributed by atoms with Crippen molar-refractivity contribution in [2.75, 3.05) is 0 Å². The zero-order valence-electron chi connectivity index (χ0n) is 12.5. The monoisotopic (exact) mass is 326 g/mol. The Morgan fingerprint density at radius 1 is 1.26 bits per heavy atom. The number of aliphatic hydroxyl groups excluding tert-OH is 1. The fraction of sp³-hybridized carbons (Fsp3) is 0.176. The van der Waals surface area contributed by atoms with Crippen molar-refractivity contribution in [3.8, 4) is 0 Å². The molecule has 0 spiro atoms. The number of aromatic amines is 1. The lowest BCUT2D eigenvalue weighted by molar-refractivity contribution is 0.282. The molecule has 6 heteroatoms. The molecular weight excluding hydrogens is 312 g/mol. The van der Waals surface area contributed by atoms with Crippen LogP contribution in [0.15, 0.2) is 36.5 Å². The van der Waals surface area contributed by atoms with Gasteiger partial charge in [-0.05, 0) is 29.8 Å². The largest absolute Gasteiger partial charge is 0.392 e. The van der Waals surface area contributed by atoms with Gasteiger partial charge in [0, 0.05) is 30.1 Å². The van der Waals surface area contributed by atoms with Crippen LogP contribution in [-0.2, 0) is 20.1 Å². The first-order valence-electron chi connectivity index (χ1n) is 7.32. The Balaban J connectivity index is 1.77. The van der Waals surface area contributed by atoms with Crippen molar-refractivity contribution in [3.63, 3.8) is 0 Å². The van der Waals surface area contributed by atoms with Crippen LogP contribution in [0, 0.1) is 0 Å². The van der Waals surface area contributed by atoms with Gasteiger partial charge in [-0.3, -0.25) is 5.10 Å². The van der Waals surface area contributed by atoms with Crippen LogP contribution in [0.5, 0.6) is 0 Å². The van der Waals surface area contributed by atoms with Gasteiger partial charge in [-0.15, -0.1) is 0 Å². The molecule has 4 rings (SSSR count). The topological polar surface area (TPSA) is 66.7 Å². The Bertz CT molecular complexity index is 1020. The smallest absolute Gasteiger partial charge is 0.140 e. The zero-order valence-corrected chi connectivity index (χ0v) is 13.3. The van der Waals surface area contributed by atoms with Crippen LogP contribution in [0.1, 0.15) is 17.0 Å². The fourth-order valence-corrected chi connectivity index (χ4v) is 3.22. The summed E-state index contributed by atoms with van der Waals surface area (Å²) in [5.74, 6) is 0. The summed E-state index contributed by atoms with van der Waals surface area (Å²) in [6.07, 6.45) is 2.36. The summed E-state index contributed by atoms with van der Waals surface area (Å²) < 4.78 is 2.14. The number of pyridine rings is 1. The van der Waals surface area contributed by atoms with Gasteiger partial charge >= 0.3 is 0 Å². The van der Waals surface area contributed by atoms with E-state index < -0.39 is 0 Å². The molecule has 0 saturated carbocycles. The predicted octanol–water partition coefficient (Wildman–Crippen LogP) is 3.19. The Morgan fingerprint density at radius 3 is 2.96 bits per heavy atom. The van der Waals surface area contributed by atoms with Crippen molar-refractivity contribution in [2.24, 2.45) is 7.05 Å². The molecule has 1 aromatic carbocycles. The van der Waals surface area contributed by atoms with Gasteiger partial charge in [0.2, 0.25) is 0 Å². The van der Waals surface area contributed by atoms with E-state index in [2.05, 4.69) is 25.8 Å².